The van der Waals surface area contributed by atoms with Crippen LogP contribution in [0, 0.1) is 12.8 Å². The van der Waals surface area contributed by atoms with Gasteiger partial charge in [0.1, 0.15) is 5.82 Å². The molecular formula is C12H23N3O. The zero-order valence-corrected chi connectivity index (χ0v) is 10.6. The largest absolute Gasteiger partial charge is 0.380 e. The number of aromatic nitrogens is 2. The van der Waals surface area contributed by atoms with Gasteiger partial charge in [-0.05, 0) is 12.8 Å². The number of hydrogen-bond acceptors (Lipinski definition) is 3. The monoisotopic (exact) mass is 225 g/mol. The van der Waals surface area contributed by atoms with Crippen LogP contribution in [0.1, 0.15) is 19.7 Å². The highest BCUT2D eigenvalue weighted by Crippen LogP contribution is 1.93. The van der Waals surface area contributed by atoms with Gasteiger partial charge in [0.2, 0.25) is 0 Å². The van der Waals surface area contributed by atoms with E-state index >= 15 is 0 Å². The van der Waals surface area contributed by atoms with E-state index in [-0.39, 0.29) is 0 Å². The Labute approximate surface area is 98.0 Å². The summed E-state index contributed by atoms with van der Waals surface area (Å²) in [6.45, 7) is 10.8. The molecule has 0 bridgehead atoms. The molecule has 0 aliphatic carbocycles. The van der Waals surface area contributed by atoms with E-state index in [1.807, 2.05) is 19.3 Å². The molecule has 4 heteroatoms. The van der Waals surface area contributed by atoms with Crippen molar-refractivity contribution in [3.05, 3.63) is 18.2 Å². The van der Waals surface area contributed by atoms with E-state index in [9.17, 15) is 0 Å². The molecule has 4 nitrogen and oxygen atoms in total. The molecular weight excluding hydrogens is 202 g/mol. The summed E-state index contributed by atoms with van der Waals surface area (Å²) in [5.41, 5.74) is 0. The molecule has 92 valence electrons. The molecule has 0 radical (unpaired) electrons. The Morgan fingerprint density at radius 3 is 2.88 bits per heavy atom. The summed E-state index contributed by atoms with van der Waals surface area (Å²) in [6, 6.07) is 0. The Morgan fingerprint density at radius 2 is 2.25 bits per heavy atom. The average Bonchev–Trinajstić information content (AvgIpc) is 2.62. The molecule has 1 heterocycles. The topological polar surface area (TPSA) is 39.1 Å². The van der Waals surface area contributed by atoms with Crippen molar-refractivity contribution in [1.82, 2.24) is 14.9 Å². The second kappa shape index (κ2) is 7.41. The summed E-state index contributed by atoms with van der Waals surface area (Å²) in [5, 5.41) is 3.35. The first-order chi connectivity index (χ1) is 7.70. The van der Waals surface area contributed by atoms with Crippen molar-refractivity contribution in [3.63, 3.8) is 0 Å². The van der Waals surface area contributed by atoms with Crippen LogP contribution in [-0.2, 0) is 11.3 Å². The van der Waals surface area contributed by atoms with E-state index < -0.39 is 0 Å². The second-order valence-corrected chi connectivity index (χ2v) is 4.39. The van der Waals surface area contributed by atoms with E-state index in [1.54, 1.807) is 0 Å². The highest BCUT2D eigenvalue weighted by molar-refractivity contribution is 4.88. The molecule has 0 saturated heterocycles. The number of nitrogens with one attached hydrogen (secondary N) is 1. The highest BCUT2D eigenvalue weighted by atomic mass is 16.5. The first kappa shape index (κ1) is 13.2. The van der Waals surface area contributed by atoms with Gasteiger partial charge in [0.05, 0.1) is 6.61 Å². The molecule has 1 rings (SSSR count). The minimum absolute atomic E-state index is 0.619. The van der Waals surface area contributed by atoms with Crippen molar-refractivity contribution >= 4 is 0 Å². The van der Waals surface area contributed by atoms with Gasteiger partial charge in [0.15, 0.2) is 0 Å². The summed E-state index contributed by atoms with van der Waals surface area (Å²) in [7, 11) is 0. The molecule has 0 unspecified atom stereocenters. The van der Waals surface area contributed by atoms with Crippen LogP contribution in [0.25, 0.3) is 0 Å². The molecule has 16 heavy (non-hydrogen) atoms. The lowest BCUT2D eigenvalue weighted by molar-refractivity contribution is 0.112. The van der Waals surface area contributed by atoms with Crippen LogP contribution in [0.5, 0.6) is 0 Å². The lowest BCUT2D eigenvalue weighted by atomic mass is 10.2. The summed E-state index contributed by atoms with van der Waals surface area (Å²) >= 11 is 0. The second-order valence-electron chi connectivity index (χ2n) is 4.39. The highest BCUT2D eigenvalue weighted by Gasteiger charge is 1.96. The van der Waals surface area contributed by atoms with Gasteiger partial charge < -0.3 is 14.6 Å². The molecule has 1 aromatic rings. The third-order valence-electron chi connectivity index (χ3n) is 2.33. The van der Waals surface area contributed by atoms with Crippen LogP contribution >= 0.6 is 0 Å². The van der Waals surface area contributed by atoms with E-state index in [2.05, 4.69) is 28.7 Å². The summed E-state index contributed by atoms with van der Waals surface area (Å²) in [6.07, 6.45) is 3.84. The van der Waals surface area contributed by atoms with Gasteiger partial charge >= 0.3 is 0 Å². The van der Waals surface area contributed by atoms with Gasteiger partial charge in [-0.15, -0.1) is 0 Å². The molecule has 0 spiro atoms. The van der Waals surface area contributed by atoms with Crippen LogP contribution in [0.15, 0.2) is 12.4 Å². The maximum Gasteiger partial charge on any atom is 0.105 e. The summed E-state index contributed by atoms with van der Waals surface area (Å²) in [5.74, 6) is 1.69. The van der Waals surface area contributed by atoms with Crippen molar-refractivity contribution in [3.8, 4) is 0 Å². The van der Waals surface area contributed by atoms with Gasteiger partial charge in [0, 0.05) is 38.6 Å². The molecule has 0 saturated carbocycles. The van der Waals surface area contributed by atoms with Crippen molar-refractivity contribution in [2.24, 2.45) is 5.92 Å². The maximum absolute atomic E-state index is 5.47. The lowest BCUT2D eigenvalue weighted by Gasteiger charge is -2.08. The van der Waals surface area contributed by atoms with Crippen molar-refractivity contribution in [2.45, 2.75) is 27.3 Å². The van der Waals surface area contributed by atoms with Crippen LogP contribution in [-0.4, -0.2) is 35.9 Å². The Bertz CT molecular complexity index is 284. The minimum Gasteiger partial charge on any atom is -0.380 e. The molecule has 0 aliphatic rings. The van der Waals surface area contributed by atoms with Gasteiger partial charge in [-0.2, -0.15) is 0 Å². The Hall–Kier alpha value is -0.870. The molecule has 0 fully saturated rings. The van der Waals surface area contributed by atoms with Gasteiger partial charge in [-0.1, -0.05) is 13.8 Å². The van der Waals surface area contributed by atoms with Crippen molar-refractivity contribution < 1.29 is 4.74 Å². The predicted octanol–water partition coefficient (Wildman–Crippen LogP) is 1.45. The Morgan fingerprint density at radius 1 is 1.44 bits per heavy atom. The molecule has 0 amide bonds. The van der Waals surface area contributed by atoms with Gasteiger partial charge in [0.25, 0.3) is 0 Å². The van der Waals surface area contributed by atoms with Gasteiger partial charge in [-0.25, -0.2) is 4.98 Å². The number of imidazole rings is 1. The van der Waals surface area contributed by atoms with Crippen LogP contribution in [0.4, 0.5) is 0 Å². The fourth-order valence-electron chi connectivity index (χ4n) is 1.43. The third-order valence-corrected chi connectivity index (χ3v) is 2.33. The van der Waals surface area contributed by atoms with Crippen LogP contribution in [0.2, 0.25) is 0 Å². The molecule has 0 atom stereocenters. The average molecular weight is 225 g/mol. The normalized spacial score (nSPS) is 11.2. The van der Waals surface area contributed by atoms with E-state index in [1.165, 1.54) is 0 Å². The molecule has 0 aromatic carbocycles. The number of rotatable bonds is 8. The molecule has 0 aliphatic heterocycles. The quantitative estimate of drug-likeness (QED) is 0.681. The van der Waals surface area contributed by atoms with E-state index in [0.717, 1.165) is 38.7 Å². The smallest absolute Gasteiger partial charge is 0.105 e. The Balaban J connectivity index is 1.94. The maximum atomic E-state index is 5.47. The zero-order valence-electron chi connectivity index (χ0n) is 10.6. The van der Waals surface area contributed by atoms with E-state index in [0.29, 0.717) is 5.92 Å². The third kappa shape index (κ3) is 5.28. The molecule has 1 N–H and O–H groups in total. The number of aryl methyl sites for hydroxylation is 1. The van der Waals surface area contributed by atoms with Crippen molar-refractivity contribution in [2.75, 3.05) is 26.3 Å². The first-order valence-electron chi connectivity index (χ1n) is 5.96. The lowest BCUT2D eigenvalue weighted by Crippen LogP contribution is -2.24. The SMILES string of the molecule is Cc1nccn1CCNCCOCC(C)C. The number of hydrogen-bond donors (Lipinski definition) is 1. The van der Waals surface area contributed by atoms with Gasteiger partial charge in [-0.3, -0.25) is 0 Å². The van der Waals surface area contributed by atoms with Crippen LogP contribution < -0.4 is 5.32 Å². The fourth-order valence-corrected chi connectivity index (χ4v) is 1.43. The zero-order chi connectivity index (χ0) is 11.8. The summed E-state index contributed by atoms with van der Waals surface area (Å²) < 4.78 is 7.62. The summed E-state index contributed by atoms with van der Waals surface area (Å²) in [4.78, 5) is 4.17. The molecule has 1 aromatic heterocycles. The van der Waals surface area contributed by atoms with Crippen molar-refractivity contribution in [1.29, 1.82) is 0 Å². The predicted molar refractivity (Wildman–Crippen MR) is 65.5 cm³/mol. The number of nitrogens with zero attached hydrogens (tertiary/aromatic N) is 2. The van der Waals surface area contributed by atoms with E-state index in [4.69, 9.17) is 4.74 Å². The number of ether oxygens (including phenoxy) is 1. The minimum atomic E-state index is 0.619. The standard InChI is InChI=1S/C12H23N3O/c1-11(2)10-16-9-6-13-4-7-15-8-5-14-12(15)3/h5,8,11,13H,4,6-7,9-10H2,1-3H3. The first-order valence-corrected chi connectivity index (χ1v) is 5.96. The van der Waals surface area contributed by atoms with Crippen LogP contribution in [0.3, 0.4) is 0 Å². The Kier molecular flexibility index (Phi) is 6.11. The fraction of sp³-hybridized carbons (Fsp3) is 0.750.